The fourth-order valence-corrected chi connectivity index (χ4v) is 2.63. The van der Waals surface area contributed by atoms with Crippen LogP contribution in [0.2, 0.25) is 0 Å². The Bertz CT molecular complexity index is 717. The molecular formula is C19H20N4O. The van der Waals surface area contributed by atoms with Gasteiger partial charge in [0.05, 0.1) is 18.5 Å². The van der Waals surface area contributed by atoms with Crippen molar-refractivity contribution in [3.63, 3.8) is 0 Å². The van der Waals surface area contributed by atoms with Crippen molar-refractivity contribution in [2.45, 2.75) is 19.5 Å². The van der Waals surface area contributed by atoms with Gasteiger partial charge >= 0.3 is 0 Å². The molecule has 3 rings (SSSR count). The van der Waals surface area contributed by atoms with Gasteiger partial charge in [0, 0.05) is 0 Å². The lowest BCUT2D eigenvalue weighted by Crippen LogP contribution is -2.35. The average molecular weight is 320 g/mol. The fourth-order valence-electron chi connectivity index (χ4n) is 2.63. The summed E-state index contributed by atoms with van der Waals surface area (Å²) in [6.45, 7) is 2.40. The lowest BCUT2D eigenvalue weighted by Gasteiger charge is -2.22. The molecule has 24 heavy (non-hydrogen) atoms. The van der Waals surface area contributed by atoms with Gasteiger partial charge in [-0.3, -0.25) is 9.48 Å². The van der Waals surface area contributed by atoms with Crippen molar-refractivity contribution in [2.24, 2.45) is 5.92 Å². The van der Waals surface area contributed by atoms with Gasteiger partial charge < -0.3 is 5.32 Å². The topological polar surface area (TPSA) is 59.8 Å². The minimum atomic E-state index is -0.207. The molecule has 0 aliphatic heterocycles. The number of aromatic nitrogens is 3. The molecule has 1 aromatic heterocycles. The van der Waals surface area contributed by atoms with E-state index >= 15 is 0 Å². The molecule has 1 heterocycles. The van der Waals surface area contributed by atoms with E-state index < -0.39 is 0 Å². The second-order valence-electron chi connectivity index (χ2n) is 5.78. The van der Waals surface area contributed by atoms with Gasteiger partial charge in [0.2, 0.25) is 5.91 Å². The third-order valence-electron chi connectivity index (χ3n) is 3.93. The van der Waals surface area contributed by atoms with Gasteiger partial charge in [-0.15, -0.1) is 0 Å². The first-order valence-corrected chi connectivity index (χ1v) is 7.96. The van der Waals surface area contributed by atoms with Crippen molar-refractivity contribution >= 4 is 5.91 Å². The molecule has 0 saturated heterocycles. The maximum absolute atomic E-state index is 12.7. The molecular weight excluding hydrogens is 300 g/mol. The number of benzene rings is 2. The second-order valence-corrected chi connectivity index (χ2v) is 5.78. The Labute approximate surface area is 141 Å². The highest BCUT2D eigenvalue weighted by atomic mass is 16.1. The maximum atomic E-state index is 12.7. The highest BCUT2D eigenvalue weighted by Gasteiger charge is 2.20. The Kier molecular flexibility index (Phi) is 5.01. The number of carbonyl (C=O) groups is 1. The number of hydrogen-bond acceptors (Lipinski definition) is 3. The molecule has 0 fully saturated rings. The van der Waals surface area contributed by atoms with Crippen molar-refractivity contribution < 1.29 is 4.79 Å². The summed E-state index contributed by atoms with van der Waals surface area (Å²) in [5.74, 6) is -0.218. The molecule has 5 heteroatoms. The quantitative estimate of drug-likeness (QED) is 0.760. The van der Waals surface area contributed by atoms with Crippen molar-refractivity contribution in [2.75, 3.05) is 0 Å². The fraction of sp³-hybridized carbons (Fsp3) is 0.211. The van der Waals surface area contributed by atoms with Crippen LogP contribution in [-0.4, -0.2) is 20.7 Å². The van der Waals surface area contributed by atoms with Crippen LogP contribution in [0, 0.1) is 5.92 Å². The number of nitrogens with one attached hydrogen (secondary N) is 1. The Balaban J connectivity index is 1.78. The Morgan fingerprint density at radius 1 is 1.04 bits per heavy atom. The zero-order chi connectivity index (χ0) is 16.8. The predicted molar refractivity (Wildman–Crippen MR) is 92.1 cm³/mol. The predicted octanol–water partition coefficient (Wildman–Crippen LogP) is 2.82. The van der Waals surface area contributed by atoms with Crippen LogP contribution in [-0.2, 0) is 11.3 Å². The van der Waals surface area contributed by atoms with Crippen molar-refractivity contribution in [1.82, 2.24) is 20.1 Å². The van der Waals surface area contributed by atoms with E-state index in [0.29, 0.717) is 6.54 Å². The average Bonchev–Trinajstić information content (AvgIpc) is 3.14. The first kappa shape index (κ1) is 15.9. The largest absolute Gasteiger partial charge is 0.345 e. The molecule has 3 aromatic rings. The van der Waals surface area contributed by atoms with E-state index in [0.717, 1.165) is 11.1 Å². The third-order valence-corrected chi connectivity index (χ3v) is 3.93. The van der Waals surface area contributed by atoms with Gasteiger partial charge in [-0.05, 0) is 11.1 Å². The molecule has 1 amide bonds. The second kappa shape index (κ2) is 7.55. The van der Waals surface area contributed by atoms with E-state index in [9.17, 15) is 4.79 Å². The van der Waals surface area contributed by atoms with Crippen LogP contribution in [0.25, 0.3) is 0 Å². The highest BCUT2D eigenvalue weighted by molar-refractivity contribution is 5.79. The zero-order valence-electron chi connectivity index (χ0n) is 13.5. The van der Waals surface area contributed by atoms with Gasteiger partial charge in [0.15, 0.2) is 0 Å². The Morgan fingerprint density at radius 3 is 2.12 bits per heavy atom. The number of amides is 1. The van der Waals surface area contributed by atoms with Gasteiger partial charge in [-0.2, -0.15) is 5.10 Å². The molecule has 0 spiro atoms. The first-order chi connectivity index (χ1) is 11.7. The number of nitrogens with zero attached hydrogens (tertiary/aromatic N) is 3. The summed E-state index contributed by atoms with van der Waals surface area (Å²) >= 11 is 0. The minimum Gasteiger partial charge on any atom is -0.345 e. The molecule has 0 aliphatic carbocycles. The van der Waals surface area contributed by atoms with E-state index in [-0.39, 0.29) is 17.9 Å². The minimum absolute atomic E-state index is 0.0109. The molecule has 1 N–H and O–H groups in total. The van der Waals surface area contributed by atoms with E-state index in [4.69, 9.17) is 0 Å². The van der Waals surface area contributed by atoms with Gasteiger partial charge in [0.25, 0.3) is 0 Å². The Hall–Kier alpha value is -2.95. The van der Waals surface area contributed by atoms with E-state index in [1.807, 2.05) is 67.6 Å². The van der Waals surface area contributed by atoms with Gasteiger partial charge in [0.1, 0.15) is 12.7 Å². The molecule has 0 radical (unpaired) electrons. The molecule has 2 aromatic carbocycles. The van der Waals surface area contributed by atoms with Crippen molar-refractivity contribution in [3.05, 3.63) is 84.4 Å². The number of rotatable bonds is 6. The number of hydrogen-bond donors (Lipinski definition) is 1. The van der Waals surface area contributed by atoms with Crippen LogP contribution in [0.5, 0.6) is 0 Å². The van der Waals surface area contributed by atoms with Gasteiger partial charge in [-0.1, -0.05) is 67.6 Å². The molecule has 122 valence electrons. The van der Waals surface area contributed by atoms with Crippen LogP contribution in [0.4, 0.5) is 0 Å². The molecule has 0 aliphatic rings. The molecule has 1 atom stereocenters. The van der Waals surface area contributed by atoms with Crippen LogP contribution in [0.1, 0.15) is 24.1 Å². The molecule has 0 saturated carbocycles. The normalized spacial score (nSPS) is 12.1. The van der Waals surface area contributed by atoms with Crippen LogP contribution in [0.3, 0.4) is 0 Å². The molecule has 1 unspecified atom stereocenters. The monoisotopic (exact) mass is 320 g/mol. The molecule has 0 bridgehead atoms. The summed E-state index contributed by atoms with van der Waals surface area (Å²) in [5.41, 5.74) is 2.12. The maximum Gasteiger partial charge on any atom is 0.225 e. The van der Waals surface area contributed by atoms with E-state index in [1.54, 1.807) is 11.0 Å². The van der Waals surface area contributed by atoms with Crippen molar-refractivity contribution in [3.8, 4) is 0 Å². The van der Waals surface area contributed by atoms with Gasteiger partial charge in [-0.25, -0.2) is 4.98 Å². The SMILES string of the molecule is CC(Cn1cncn1)C(=O)NC(c1ccccc1)c1ccccc1. The van der Waals surface area contributed by atoms with Crippen molar-refractivity contribution in [1.29, 1.82) is 0 Å². The lowest BCUT2D eigenvalue weighted by molar-refractivity contribution is -0.125. The summed E-state index contributed by atoms with van der Waals surface area (Å²) in [4.78, 5) is 16.6. The summed E-state index contributed by atoms with van der Waals surface area (Å²) < 4.78 is 1.67. The summed E-state index contributed by atoms with van der Waals surface area (Å²) in [6.07, 6.45) is 3.09. The van der Waals surface area contributed by atoms with Crippen LogP contribution >= 0.6 is 0 Å². The lowest BCUT2D eigenvalue weighted by atomic mass is 9.98. The standard InChI is InChI=1S/C19H20N4O/c1-15(12-23-14-20-13-21-23)19(24)22-18(16-8-4-2-5-9-16)17-10-6-3-7-11-17/h2-11,13-15,18H,12H2,1H3,(H,22,24). The summed E-state index contributed by atoms with van der Waals surface area (Å²) in [6, 6.07) is 19.8. The van der Waals surface area contributed by atoms with E-state index in [2.05, 4.69) is 15.4 Å². The number of carbonyl (C=O) groups excluding carboxylic acids is 1. The highest BCUT2D eigenvalue weighted by Crippen LogP contribution is 2.22. The zero-order valence-corrected chi connectivity index (χ0v) is 13.5. The molecule has 5 nitrogen and oxygen atoms in total. The Morgan fingerprint density at radius 2 is 1.62 bits per heavy atom. The summed E-state index contributed by atoms with van der Waals surface area (Å²) in [5, 5.41) is 7.22. The smallest absolute Gasteiger partial charge is 0.225 e. The third kappa shape index (κ3) is 3.87. The van der Waals surface area contributed by atoms with Crippen LogP contribution in [0.15, 0.2) is 73.3 Å². The first-order valence-electron chi connectivity index (χ1n) is 7.96. The van der Waals surface area contributed by atoms with Crippen LogP contribution < -0.4 is 5.32 Å². The van der Waals surface area contributed by atoms with E-state index in [1.165, 1.54) is 6.33 Å². The summed E-state index contributed by atoms with van der Waals surface area (Å²) in [7, 11) is 0.